The molecule has 10 heteroatoms. The van der Waals surface area contributed by atoms with E-state index in [9.17, 15) is 19.5 Å². The SMILES string of the molecule is CSCC[C@H](NC(=O)[C@H](Cc1ccc(-c2ncc(-c3ccc(C(C)(C)C)cc3)cn2)cc1)NC(=O)c1ccc(C(C)(C)C)s1)C(=O)O. The van der Waals surface area contributed by atoms with Crippen LogP contribution in [0.4, 0.5) is 0 Å². The number of hydrogen-bond donors (Lipinski definition) is 3. The van der Waals surface area contributed by atoms with E-state index >= 15 is 0 Å². The molecular weight excluding hydrogens is 629 g/mol. The predicted molar refractivity (Wildman–Crippen MR) is 192 cm³/mol. The van der Waals surface area contributed by atoms with Crippen molar-refractivity contribution in [2.45, 2.75) is 77.3 Å². The number of thioether (sulfide) groups is 1. The third-order valence-electron chi connectivity index (χ3n) is 7.80. The van der Waals surface area contributed by atoms with Gasteiger partial charge in [0.15, 0.2) is 5.82 Å². The molecule has 0 spiro atoms. The van der Waals surface area contributed by atoms with Crippen LogP contribution in [0.2, 0.25) is 0 Å². The Labute approximate surface area is 285 Å². The summed E-state index contributed by atoms with van der Waals surface area (Å²) in [5.74, 6) is -0.882. The third-order valence-corrected chi connectivity index (χ3v) is 9.96. The van der Waals surface area contributed by atoms with Gasteiger partial charge in [0.1, 0.15) is 12.1 Å². The molecule has 248 valence electrons. The van der Waals surface area contributed by atoms with Gasteiger partial charge in [0.25, 0.3) is 5.91 Å². The summed E-state index contributed by atoms with van der Waals surface area (Å²) in [5, 5.41) is 15.2. The monoisotopic (exact) mass is 672 g/mol. The van der Waals surface area contributed by atoms with E-state index in [1.165, 1.54) is 28.7 Å². The van der Waals surface area contributed by atoms with Gasteiger partial charge < -0.3 is 15.7 Å². The molecule has 0 saturated carbocycles. The van der Waals surface area contributed by atoms with Crippen LogP contribution in [0.5, 0.6) is 0 Å². The minimum atomic E-state index is -1.11. The second-order valence-corrected chi connectivity index (χ2v) is 15.7. The number of carboxylic acids is 1. The summed E-state index contributed by atoms with van der Waals surface area (Å²) in [5.41, 5.74) is 4.80. The number of aliphatic carboxylic acids is 1. The van der Waals surface area contributed by atoms with Crippen LogP contribution in [0.25, 0.3) is 22.5 Å². The van der Waals surface area contributed by atoms with E-state index in [1.54, 1.807) is 6.07 Å². The second-order valence-electron chi connectivity index (χ2n) is 13.6. The Morgan fingerprint density at radius 1 is 0.787 bits per heavy atom. The number of nitrogens with one attached hydrogen (secondary N) is 2. The molecule has 0 saturated heterocycles. The molecule has 0 unspecified atom stereocenters. The predicted octanol–water partition coefficient (Wildman–Crippen LogP) is 7.13. The molecule has 2 amide bonds. The van der Waals surface area contributed by atoms with Crippen molar-refractivity contribution in [3.8, 4) is 22.5 Å². The zero-order valence-corrected chi connectivity index (χ0v) is 29.7. The maximum absolute atomic E-state index is 13.4. The highest BCUT2D eigenvalue weighted by molar-refractivity contribution is 7.98. The number of benzene rings is 2. The highest BCUT2D eigenvalue weighted by atomic mass is 32.2. The average molecular weight is 673 g/mol. The molecule has 0 aliphatic rings. The van der Waals surface area contributed by atoms with Crippen LogP contribution >= 0.6 is 23.1 Å². The lowest BCUT2D eigenvalue weighted by molar-refractivity contribution is -0.142. The Morgan fingerprint density at radius 2 is 1.40 bits per heavy atom. The lowest BCUT2D eigenvalue weighted by Crippen LogP contribution is -2.52. The molecule has 0 bridgehead atoms. The van der Waals surface area contributed by atoms with Gasteiger partial charge in [-0.2, -0.15) is 11.8 Å². The van der Waals surface area contributed by atoms with Crippen LogP contribution in [0, 0.1) is 0 Å². The molecule has 3 N–H and O–H groups in total. The number of aromatic nitrogens is 2. The summed E-state index contributed by atoms with van der Waals surface area (Å²) >= 11 is 2.89. The summed E-state index contributed by atoms with van der Waals surface area (Å²) < 4.78 is 0. The van der Waals surface area contributed by atoms with Crippen LogP contribution in [0.15, 0.2) is 73.1 Å². The fourth-order valence-corrected chi connectivity index (χ4v) is 6.32. The zero-order valence-electron chi connectivity index (χ0n) is 28.1. The van der Waals surface area contributed by atoms with Crippen molar-refractivity contribution in [3.63, 3.8) is 0 Å². The first-order valence-electron chi connectivity index (χ1n) is 15.6. The van der Waals surface area contributed by atoms with E-state index in [0.29, 0.717) is 16.5 Å². The molecule has 2 heterocycles. The van der Waals surface area contributed by atoms with E-state index in [-0.39, 0.29) is 29.6 Å². The fourth-order valence-electron chi connectivity index (χ4n) is 4.88. The summed E-state index contributed by atoms with van der Waals surface area (Å²) in [6, 6.07) is 17.6. The number of hydrogen-bond acceptors (Lipinski definition) is 7. The van der Waals surface area contributed by atoms with Gasteiger partial charge in [0.2, 0.25) is 5.91 Å². The number of nitrogens with zero attached hydrogens (tertiary/aromatic N) is 2. The number of carbonyl (C=O) groups is 3. The van der Waals surface area contributed by atoms with Gasteiger partial charge in [-0.25, -0.2) is 14.8 Å². The Hall–Kier alpha value is -4.02. The van der Waals surface area contributed by atoms with Crippen molar-refractivity contribution in [3.05, 3.63) is 93.9 Å². The van der Waals surface area contributed by atoms with Crippen molar-refractivity contribution in [1.82, 2.24) is 20.6 Å². The lowest BCUT2D eigenvalue weighted by atomic mass is 9.86. The average Bonchev–Trinajstić information content (AvgIpc) is 3.54. The minimum Gasteiger partial charge on any atom is -0.480 e. The van der Waals surface area contributed by atoms with Crippen LogP contribution in [0.1, 0.15) is 73.6 Å². The molecule has 0 aliphatic carbocycles. The molecule has 0 radical (unpaired) electrons. The Bertz CT molecular complexity index is 1670. The van der Waals surface area contributed by atoms with E-state index in [0.717, 1.165) is 27.1 Å². The first-order chi connectivity index (χ1) is 22.2. The van der Waals surface area contributed by atoms with Crippen molar-refractivity contribution < 1.29 is 19.5 Å². The molecule has 0 aliphatic heterocycles. The number of rotatable bonds is 12. The fraction of sp³-hybridized carbons (Fsp3) is 0.378. The third kappa shape index (κ3) is 9.74. The van der Waals surface area contributed by atoms with Gasteiger partial charge in [0, 0.05) is 34.8 Å². The first-order valence-corrected chi connectivity index (χ1v) is 17.8. The van der Waals surface area contributed by atoms with Gasteiger partial charge in [-0.05, 0) is 58.1 Å². The molecule has 4 aromatic rings. The molecule has 2 aromatic carbocycles. The zero-order chi connectivity index (χ0) is 34.4. The molecule has 2 aromatic heterocycles. The number of carboxylic acid groups (broad SMARTS) is 1. The highest BCUT2D eigenvalue weighted by Crippen LogP contribution is 2.30. The summed E-state index contributed by atoms with van der Waals surface area (Å²) in [6.45, 7) is 12.8. The molecular formula is C37H44N4O4S2. The highest BCUT2D eigenvalue weighted by Gasteiger charge is 2.28. The first kappa shape index (κ1) is 35.8. The second kappa shape index (κ2) is 15.3. The van der Waals surface area contributed by atoms with Crippen molar-refractivity contribution in [2.24, 2.45) is 0 Å². The van der Waals surface area contributed by atoms with Gasteiger partial charge in [-0.3, -0.25) is 9.59 Å². The van der Waals surface area contributed by atoms with Gasteiger partial charge in [-0.15, -0.1) is 11.3 Å². The van der Waals surface area contributed by atoms with E-state index in [1.807, 2.05) is 49.0 Å². The normalized spacial score (nSPS) is 13.1. The topological polar surface area (TPSA) is 121 Å². The van der Waals surface area contributed by atoms with E-state index < -0.39 is 24.0 Å². The number of carbonyl (C=O) groups excluding carboxylic acids is 2. The lowest BCUT2D eigenvalue weighted by Gasteiger charge is -2.21. The smallest absolute Gasteiger partial charge is 0.326 e. The maximum Gasteiger partial charge on any atom is 0.326 e. The molecule has 2 atom stereocenters. The Morgan fingerprint density at radius 3 is 1.94 bits per heavy atom. The molecule has 47 heavy (non-hydrogen) atoms. The molecule has 8 nitrogen and oxygen atoms in total. The summed E-state index contributed by atoms with van der Waals surface area (Å²) in [7, 11) is 0. The Kier molecular flexibility index (Phi) is 11.6. The van der Waals surface area contributed by atoms with Gasteiger partial charge in [0.05, 0.1) is 4.88 Å². The van der Waals surface area contributed by atoms with E-state index in [2.05, 4.69) is 86.4 Å². The standard InChI is InChI=1S/C37H44N4O4S2/c1-36(2,3)27-14-12-24(13-15-27)26-21-38-32(39-22-26)25-10-8-23(9-11-25)20-29(33(42)40-28(35(44)45)18-19-46-7)41-34(43)30-16-17-31(47-30)37(4,5)6/h8-17,21-22,28-29H,18-20H2,1-7H3,(H,40,42)(H,41,43)(H,44,45)/t28-,29-/m0/s1. The largest absolute Gasteiger partial charge is 0.480 e. The molecule has 4 rings (SSSR count). The quantitative estimate of drug-likeness (QED) is 0.146. The number of amides is 2. The summed E-state index contributed by atoms with van der Waals surface area (Å²) in [6.07, 6.45) is 5.95. The van der Waals surface area contributed by atoms with Crippen LogP contribution in [0.3, 0.4) is 0 Å². The van der Waals surface area contributed by atoms with Crippen molar-refractivity contribution >= 4 is 40.9 Å². The molecule has 0 fully saturated rings. The van der Waals surface area contributed by atoms with Crippen molar-refractivity contribution in [1.29, 1.82) is 0 Å². The number of thiophene rings is 1. The maximum atomic E-state index is 13.4. The van der Waals surface area contributed by atoms with Gasteiger partial charge >= 0.3 is 5.97 Å². The minimum absolute atomic E-state index is 0.0788. The van der Waals surface area contributed by atoms with Crippen LogP contribution in [-0.4, -0.2) is 57.0 Å². The Balaban J connectivity index is 1.51. The summed E-state index contributed by atoms with van der Waals surface area (Å²) in [4.78, 5) is 49.3. The van der Waals surface area contributed by atoms with E-state index in [4.69, 9.17) is 0 Å². The van der Waals surface area contributed by atoms with Crippen LogP contribution in [-0.2, 0) is 26.8 Å². The van der Waals surface area contributed by atoms with Crippen LogP contribution < -0.4 is 10.6 Å². The van der Waals surface area contributed by atoms with Gasteiger partial charge in [-0.1, -0.05) is 90.1 Å². The van der Waals surface area contributed by atoms with Crippen molar-refractivity contribution in [2.75, 3.05) is 12.0 Å².